The van der Waals surface area contributed by atoms with Gasteiger partial charge in [-0.3, -0.25) is 0 Å². The highest BCUT2D eigenvalue weighted by atomic mass is 32.1. The highest BCUT2D eigenvalue weighted by molar-refractivity contribution is 7.80. The number of thiocarbonyl (C=S) groups is 1. The van der Waals surface area contributed by atoms with Gasteiger partial charge in [0.05, 0.1) is 17.7 Å². The molecule has 2 unspecified atom stereocenters. The topological polar surface area (TPSA) is 38.5 Å². The molecular weight excluding hydrogens is 301 g/mol. The molecule has 0 amide bonds. The van der Waals surface area contributed by atoms with Crippen LogP contribution in [0.3, 0.4) is 0 Å². The van der Waals surface area contributed by atoms with Gasteiger partial charge in [-0.25, -0.2) is 0 Å². The Hall–Kier alpha value is -1.34. The third-order valence-electron chi connectivity index (χ3n) is 3.81. The van der Waals surface area contributed by atoms with Crippen molar-refractivity contribution in [3.05, 3.63) is 29.3 Å². The Morgan fingerprint density at radius 1 is 1.43 bits per heavy atom. The number of ether oxygens (including phenoxy) is 1. The molecule has 0 saturated carbocycles. The fourth-order valence-corrected chi connectivity index (χ4v) is 2.80. The zero-order valence-corrected chi connectivity index (χ0v) is 12.6. The molecule has 2 atom stereocenters. The lowest BCUT2D eigenvalue weighted by molar-refractivity contribution is -0.137. The molecule has 0 radical (unpaired) electrons. The first kappa shape index (κ1) is 16.0. The molecule has 0 aromatic heterocycles. The molecule has 2 N–H and O–H groups in total. The summed E-state index contributed by atoms with van der Waals surface area (Å²) in [7, 11) is 1.77. The average Bonchev–Trinajstić information content (AvgIpc) is 2.82. The van der Waals surface area contributed by atoms with Crippen LogP contribution in [0.2, 0.25) is 0 Å². The molecule has 1 aliphatic rings. The summed E-state index contributed by atoms with van der Waals surface area (Å²) in [6.07, 6.45) is -3.72. The Balaban J connectivity index is 2.40. The van der Waals surface area contributed by atoms with Crippen LogP contribution in [0.4, 0.5) is 18.9 Å². The molecule has 0 aliphatic carbocycles. The van der Waals surface area contributed by atoms with Crippen LogP contribution in [-0.4, -0.2) is 30.8 Å². The number of hydrogen-bond donors (Lipinski definition) is 1. The van der Waals surface area contributed by atoms with Crippen molar-refractivity contribution in [2.24, 2.45) is 5.73 Å². The van der Waals surface area contributed by atoms with Gasteiger partial charge in [0.1, 0.15) is 4.99 Å². The minimum atomic E-state index is -4.49. The van der Waals surface area contributed by atoms with E-state index in [1.165, 1.54) is 6.07 Å². The lowest BCUT2D eigenvalue weighted by atomic mass is 10.0. The second-order valence-corrected chi connectivity index (χ2v) is 5.57. The van der Waals surface area contributed by atoms with Crippen molar-refractivity contribution in [3.8, 4) is 0 Å². The Morgan fingerprint density at radius 2 is 2.10 bits per heavy atom. The van der Waals surface area contributed by atoms with Crippen LogP contribution in [0, 0.1) is 0 Å². The summed E-state index contributed by atoms with van der Waals surface area (Å²) in [6, 6.07) is 4.09. The number of nitrogens with zero attached hydrogens (tertiary/aromatic N) is 1. The molecule has 1 aromatic carbocycles. The lowest BCUT2D eigenvalue weighted by Gasteiger charge is -2.29. The molecule has 1 saturated heterocycles. The molecule has 0 bridgehead atoms. The van der Waals surface area contributed by atoms with Crippen LogP contribution in [0.1, 0.15) is 24.5 Å². The van der Waals surface area contributed by atoms with E-state index in [4.69, 9.17) is 22.7 Å². The molecule has 116 valence electrons. The van der Waals surface area contributed by atoms with Gasteiger partial charge in [-0.1, -0.05) is 12.2 Å². The van der Waals surface area contributed by atoms with E-state index in [-0.39, 0.29) is 22.7 Å². The summed E-state index contributed by atoms with van der Waals surface area (Å²) < 4.78 is 44.9. The normalized spacial score (nSPS) is 22.3. The number of nitrogens with two attached hydrogens (primary N) is 1. The first-order chi connectivity index (χ1) is 9.71. The van der Waals surface area contributed by atoms with Crippen LogP contribution in [0.5, 0.6) is 0 Å². The van der Waals surface area contributed by atoms with E-state index in [0.29, 0.717) is 12.3 Å². The Bertz CT molecular complexity index is 548. The standard InChI is InChI=1S/C14H17F3N2OS/c1-8-12(5-6-20-8)19(2)9-3-4-10(13(18)21)11(7-9)14(15,16)17/h3-4,7-8,12H,5-6H2,1-2H3,(H2,18,21). The molecule has 3 nitrogen and oxygen atoms in total. The van der Waals surface area contributed by atoms with E-state index in [9.17, 15) is 13.2 Å². The van der Waals surface area contributed by atoms with Gasteiger partial charge in [0.25, 0.3) is 0 Å². The summed E-state index contributed by atoms with van der Waals surface area (Å²) >= 11 is 4.70. The van der Waals surface area contributed by atoms with Gasteiger partial charge >= 0.3 is 6.18 Å². The number of alkyl halides is 3. The van der Waals surface area contributed by atoms with E-state index in [1.54, 1.807) is 13.1 Å². The van der Waals surface area contributed by atoms with Crippen molar-refractivity contribution in [1.82, 2.24) is 0 Å². The van der Waals surface area contributed by atoms with Crippen LogP contribution >= 0.6 is 12.2 Å². The van der Waals surface area contributed by atoms with Gasteiger partial charge in [-0.2, -0.15) is 13.2 Å². The van der Waals surface area contributed by atoms with Crippen molar-refractivity contribution in [2.45, 2.75) is 31.7 Å². The van der Waals surface area contributed by atoms with Gasteiger partial charge in [0.2, 0.25) is 0 Å². The van der Waals surface area contributed by atoms with Gasteiger partial charge in [-0.15, -0.1) is 0 Å². The third kappa shape index (κ3) is 3.29. The van der Waals surface area contributed by atoms with Crippen molar-refractivity contribution < 1.29 is 17.9 Å². The van der Waals surface area contributed by atoms with E-state index in [0.717, 1.165) is 12.5 Å². The lowest BCUT2D eigenvalue weighted by Crippen LogP contribution is -2.37. The summed E-state index contributed by atoms with van der Waals surface area (Å²) in [5.41, 5.74) is 4.91. The molecular formula is C14H17F3N2OS. The SMILES string of the molecule is CC1OCCC1N(C)c1ccc(C(N)=S)c(C(F)(F)F)c1. The smallest absolute Gasteiger partial charge is 0.389 e. The Labute approximate surface area is 126 Å². The number of halogens is 3. The van der Waals surface area contributed by atoms with Crippen molar-refractivity contribution in [2.75, 3.05) is 18.6 Å². The maximum Gasteiger partial charge on any atom is 0.417 e. The number of rotatable bonds is 3. The summed E-state index contributed by atoms with van der Waals surface area (Å²) in [6.45, 7) is 2.54. The largest absolute Gasteiger partial charge is 0.417 e. The van der Waals surface area contributed by atoms with Crippen molar-refractivity contribution in [1.29, 1.82) is 0 Å². The van der Waals surface area contributed by atoms with Crippen LogP contribution < -0.4 is 10.6 Å². The number of benzene rings is 1. The zero-order valence-electron chi connectivity index (χ0n) is 11.8. The number of anilines is 1. The minimum Gasteiger partial charge on any atom is -0.389 e. The summed E-state index contributed by atoms with van der Waals surface area (Å²) in [5, 5.41) is 0. The molecule has 1 fully saturated rings. The highest BCUT2D eigenvalue weighted by Gasteiger charge is 2.35. The van der Waals surface area contributed by atoms with E-state index >= 15 is 0 Å². The molecule has 2 rings (SSSR count). The molecule has 1 aliphatic heterocycles. The van der Waals surface area contributed by atoms with Crippen LogP contribution in [0.25, 0.3) is 0 Å². The first-order valence-corrected chi connectivity index (χ1v) is 6.98. The fraction of sp³-hybridized carbons (Fsp3) is 0.500. The van der Waals surface area contributed by atoms with Crippen LogP contribution in [-0.2, 0) is 10.9 Å². The maximum absolute atomic E-state index is 13.1. The van der Waals surface area contributed by atoms with Crippen molar-refractivity contribution in [3.63, 3.8) is 0 Å². The maximum atomic E-state index is 13.1. The van der Waals surface area contributed by atoms with E-state index < -0.39 is 11.7 Å². The van der Waals surface area contributed by atoms with E-state index in [2.05, 4.69) is 0 Å². The second kappa shape index (κ2) is 5.81. The Kier molecular flexibility index (Phi) is 4.43. The van der Waals surface area contributed by atoms with E-state index in [1.807, 2.05) is 11.8 Å². The van der Waals surface area contributed by atoms with Gasteiger partial charge in [0.15, 0.2) is 0 Å². The minimum absolute atomic E-state index is 0.0143. The second-order valence-electron chi connectivity index (χ2n) is 5.13. The third-order valence-corrected chi connectivity index (χ3v) is 4.03. The molecule has 0 spiro atoms. The monoisotopic (exact) mass is 318 g/mol. The highest BCUT2D eigenvalue weighted by Crippen LogP contribution is 2.35. The van der Waals surface area contributed by atoms with Gasteiger partial charge < -0.3 is 15.4 Å². The van der Waals surface area contributed by atoms with Gasteiger partial charge in [-0.05, 0) is 31.5 Å². The molecule has 1 heterocycles. The zero-order chi connectivity index (χ0) is 15.8. The Morgan fingerprint density at radius 3 is 2.57 bits per heavy atom. The van der Waals surface area contributed by atoms with Gasteiger partial charge in [0, 0.05) is 24.9 Å². The predicted octanol–water partition coefficient (Wildman–Crippen LogP) is 2.95. The average molecular weight is 318 g/mol. The number of hydrogen-bond acceptors (Lipinski definition) is 3. The predicted molar refractivity (Wildman–Crippen MR) is 79.6 cm³/mol. The molecule has 21 heavy (non-hydrogen) atoms. The summed E-state index contributed by atoms with van der Waals surface area (Å²) in [4.78, 5) is 1.56. The number of likely N-dealkylation sites (N-methyl/N-ethyl adjacent to an activating group) is 1. The fourth-order valence-electron chi connectivity index (χ4n) is 2.62. The summed E-state index contributed by atoms with van der Waals surface area (Å²) in [5.74, 6) is 0. The first-order valence-electron chi connectivity index (χ1n) is 6.57. The quantitative estimate of drug-likeness (QED) is 0.870. The molecule has 7 heteroatoms. The molecule has 1 aromatic rings. The van der Waals surface area contributed by atoms with Crippen molar-refractivity contribution >= 4 is 22.9 Å². The van der Waals surface area contributed by atoms with Crippen LogP contribution in [0.15, 0.2) is 18.2 Å².